The summed E-state index contributed by atoms with van der Waals surface area (Å²) in [5, 5.41) is 14.3. The molecule has 0 unspecified atom stereocenters. The summed E-state index contributed by atoms with van der Waals surface area (Å²) in [6, 6.07) is 1.99. The molecular formula is C15H23N5O2. The van der Waals surface area contributed by atoms with E-state index in [9.17, 15) is 4.79 Å². The Balaban J connectivity index is 1.43. The molecule has 2 fully saturated rings. The van der Waals surface area contributed by atoms with Gasteiger partial charge in [0, 0.05) is 38.2 Å². The van der Waals surface area contributed by atoms with Crippen LogP contribution in [0.1, 0.15) is 19.3 Å². The quantitative estimate of drug-likeness (QED) is 0.751. The fourth-order valence-electron chi connectivity index (χ4n) is 2.63. The highest BCUT2D eigenvalue weighted by Gasteiger charge is 2.24. The summed E-state index contributed by atoms with van der Waals surface area (Å²) < 4.78 is 5.35. The molecule has 3 rings (SSSR count). The van der Waals surface area contributed by atoms with Gasteiger partial charge >= 0.3 is 0 Å². The van der Waals surface area contributed by atoms with Gasteiger partial charge in [0.2, 0.25) is 5.91 Å². The van der Waals surface area contributed by atoms with E-state index in [4.69, 9.17) is 4.74 Å². The zero-order chi connectivity index (χ0) is 15.2. The molecule has 0 aromatic carbocycles. The minimum absolute atomic E-state index is 0.182. The molecule has 1 saturated heterocycles. The largest absolute Gasteiger partial charge is 0.378 e. The molecule has 2 N–H and O–H groups in total. The third kappa shape index (κ3) is 3.85. The van der Waals surface area contributed by atoms with Gasteiger partial charge in [-0.3, -0.25) is 4.79 Å². The van der Waals surface area contributed by atoms with E-state index >= 15 is 0 Å². The monoisotopic (exact) mass is 305 g/mol. The third-order valence-corrected chi connectivity index (χ3v) is 4.22. The topological polar surface area (TPSA) is 79.4 Å². The molecule has 2 aliphatic rings. The Morgan fingerprint density at radius 2 is 2.14 bits per heavy atom. The molecule has 120 valence electrons. The van der Waals surface area contributed by atoms with Crippen LogP contribution in [0.15, 0.2) is 12.3 Å². The molecule has 1 aromatic heterocycles. The fourth-order valence-corrected chi connectivity index (χ4v) is 2.63. The zero-order valence-corrected chi connectivity index (χ0v) is 12.8. The average molecular weight is 305 g/mol. The number of anilines is 2. The van der Waals surface area contributed by atoms with Gasteiger partial charge < -0.3 is 20.3 Å². The van der Waals surface area contributed by atoms with Gasteiger partial charge in [0.05, 0.1) is 25.1 Å². The molecule has 1 aromatic rings. The summed E-state index contributed by atoms with van der Waals surface area (Å²) in [7, 11) is 0. The van der Waals surface area contributed by atoms with Gasteiger partial charge in [-0.05, 0) is 12.8 Å². The lowest BCUT2D eigenvalue weighted by Crippen LogP contribution is -2.37. The minimum atomic E-state index is 0.182. The Morgan fingerprint density at radius 1 is 1.32 bits per heavy atom. The van der Waals surface area contributed by atoms with Gasteiger partial charge in [-0.15, -0.1) is 5.10 Å². The first kappa shape index (κ1) is 15.0. The Labute approximate surface area is 130 Å². The predicted molar refractivity (Wildman–Crippen MR) is 83.9 cm³/mol. The molecule has 2 heterocycles. The van der Waals surface area contributed by atoms with Crippen molar-refractivity contribution in [1.82, 2.24) is 15.5 Å². The molecule has 1 amide bonds. The van der Waals surface area contributed by atoms with E-state index in [-0.39, 0.29) is 11.8 Å². The normalized spacial score (nSPS) is 18.6. The van der Waals surface area contributed by atoms with E-state index in [0.29, 0.717) is 13.1 Å². The van der Waals surface area contributed by atoms with E-state index in [0.717, 1.165) is 50.7 Å². The number of rotatable bonds is 6. The van der Waals surface area contributed by atoms with E-state index in [1.54, 1.807) is 6.20 Å². The number of amides is 1. The Hall–Kier alpha value is -1.89. The van der Waals surface area contributed by atoms with Gasteiger partial charge in [0.1, 0.15) is 0 Å². The standard InChI is InChI=1S/C15H23N5O2/c21-15(12-2-1-3-12)17-5-4-16-14-10-13(11-18-19-14)20-6-8-22-9-7-20/h10-12H,1-9H2,(H,16,19)(H,17,21). The summed E-state index contributed by atoms with van der Waals surface area (Å²) in [5.41, 5.74) is 1.05. The van der Waals surface area contributed by atoms with Crippen molar-refractivity contribution in [3.8, 4) is 0 Å². The van der Waals surface area contributed by atoms with E-state index in [2.05, 4.69) is 25.7 Å². The second-order valence-corrected chi connectivity index (χ2v) is 5.74. The van der Waals surface area contributed by atoms with Crippen LogP contribution < -0.4 is 15.5 Å². The summed E-state index contributed by atoms with van der Waals surface area (Å²) in [4.78, 5) is 13.9. The first-order valence-corrected chi connectivity index (χ1v) is 8.00. The van der Waals surface area contributed by atoms with Gasteiger partial charge in [-0.2, -0.15) is 5.10 Å². The SMILES string of the molecule is O=C(NCCNc1cc(N2CCOCC2)cnn1)C1CCC1. The van der Waals surface area contributed by atoms with Crippen LogP contribution in [0.2, 0.25) is 0 Å². The summed E-state index contributed by atoms with van der Waals surface area (Å²) >= 11 is 0. The highest BCUT2D eigenvalue weighted by molar-refractivity contribution is 5.79. The number of ether oxygens (including phenoxy) is 1. The molecule has 0 bridgehead atoms. The maximum atomic E-state index is 11.7. The summed E-state index contributed by atoms with van der Waals surface area (Å²) in [6.45, 7) is 4.51. The van der Waals surface area contributed by atoms with Crippen molar-refractivity contribution in [2.24, 2.45) is 5.92 Å². The van der Waals surface area contributed by atoms with Gasteiger partial charge in [0.25, 0.3) is 0 Å². The van der Waals surface area contributed by atoms with Crippen molar-refractivity contribution in [2.45, 2.75) is 19.3 Å². The first-order chi connectivity index (χ1) is 10.8. The van der Waals surface area contributed by atoms with Crippen LogP contribution in [0, 0.1) is 5.92 Å². The fraction of sp³-hybridized carbons (Fsp3) is 0.667. The molecule has 0 atom stereocenters. The van der Waals surface area contributed by atoms with Crippen molar-refractivity contribution in [3.05, 3.63) is 12.3 Å². The van der Waals surface area contributed by atoms with Gasteiger partial charge in [-0.25, -0.2) is 0 Å². The molecule has 7 heteroatoms. The lowest BCUT2D eigenvalue weighted by Gasteiger charge is -2.28. The summed E-state index contributed by atoms with van der Waals surface area (Å²) in [6.07, 6.45) is 5.02. The molecule has 1 aliphatic carbocycles. The van der Waals surface area contributed by atoms with Crippen molar-refractivity contribution in [2.75, 3.05) is 49.6 Å². The maximum Gasteiger partial charge on any atom is 0.223 e. The van der Waals surface area contributed by atoms with Crippen LogP contribution in [0.3, 0.4) is 0 Å². The number of nitrogens with zero attached hydrogens (tertiary/aromatic N) is 3. The number of morpholine rings is 1. The zero-order valence-electron chi connectivity index (χ0n) is 12.8. The van der Waals surface area contributed by atoms with Gasteiger partial charge in [0.15, 0.2) is 5.82 Å². The van der Waals surface area contributed by atoms with Crippen LogP contribution in [-0.4, -0.2) is 55.5 Å². The highest BCUT2D eigenvalue weighted by Crippen LogP contribution is 2.26. The molecule has 1 saturated carbocycles. The van der Waals surface area contributed by atoms with E-state index < -0.39 is 0 Å². The molecule has 0 spiro atoms. The molecular weight excluding hydrogens is 282 g/mol. The van der Waals surface area contributed by atoms with Crippen molar-refractivity contribution in [3.63, 3.8) is 0 Å². The van der Waals surface area contributed by atoms with Crippen molar-refractivity contribution >= 4 is 17.4 Å². The van der Waals surface area contributed by atoms with E-state index in [1.807, 2.05) is 6.07 Å². The first-order valence-electron chi connectivity index (χ1n) is 8.00. The van der Waals surface area contributed by atoms with Crippen LogP contribution in [0.4, 0.5) is 11.5 Å². The Kier molecular flexibility index (Phi) is 5.05. The number of carbonyl (C=O) groups is 1. The van der Waals surface area contributed by atoms with Gasteiger partial charge in [-0.1, -0.05) is 6.42 Å². The van der Waals surface area contributed by atoms with Crippen molar-refractivity contribution < 1.29 is 9.53 Å². The Bertz CT molecular complexity index is 500. The molecule has 22 heavy (non-hydrogen) atoms. The van der Waals surface area contributed by atoms with Crippen LogP contribution in [0.5, 0.6) is 0 Å². The lowest BCUT2D eigenvalue weighted by atomic mass is 9.85. The van der Waals surface area contributed by atoms with Crippen LogP contribution >= 0.6 is 0 Å². The maximum absolute atomic E-state index is 11.7. The number of hydrogen-bond donors (Lipinski definition) is 2. The Morgan fingerprint density at radius 3 is 2.86 bits per heavy atom. The number of hydrogen-bond acceptors (Lipinski definition) is 6. The average Bonchev–Trinajstić information content (AvgIpc) is 2.51. The van der Waals surface area contributed by atoms with E-state index in [1.165, 1.54) is 6.42 Å². The smallest absolute Gasteiger partial charge is 0.223 e. The van der Waals surface area contributed by atoms with Crippen LogP contribution in [-0.2, 0) is 9.53 Å². The molecule has 0 radical (unpaired) electrons. The second kappa shape index (κ2) is 7.40. The second-order valence-electron chi connectivity index (χ2n) is 5.74. The predicted octanol–water partition coefficient (Wildman–Crippen LogP) is 0.641. The minimum Gasteiger partial charge on any atom is -0.378 e. The molecule has 7 nitrogen and oxygen atoms in total. The molecule has 1 aliphatic heterocycles. The summed E-state index contributed by atoms with van der Waals surface area (Å²) in [5.74, 6) is 1.16. The number of aromatic nitrogens is 2. The number of carbonyl (C=O) groups excluding carboxylic acids is 1. The third-order valence-electron chi connectivity index (χ3n) is 4.22. The highest BCUT2D eigenvalue weighted by atomic mass is 16.5. The lowest BCUT2D eigenvalue weighted by molar-refractivity contribution is -0.127. The van der Waals surface area contributed by atoms with Crippen molar-refractivity contribution in [1.29, 1.82) is 0 Å². The van der Waals surface area contributed by atoms with Crippen LogP contribution in [0.25, 0.3) is 0 Å². The number of nitrogens with one attached hydrogen (secondary N) is 2.